The summed E-state index contributed by atoms with van der Waals surface area (Å²) in [5, 5.41) is 18.0. The summed E-state index contributed by atoms with van der Waals surface area (Å²) in [5.41, 5.74) is 10.1. The van der Waals surface area contributed by atoms with E-state index < -0.39 is 0 Å². The summed E-state index contributed by atoms with van der Waals surface area (Å²) in [5.74, 6) is 0. The van der Waals surface area contributed by atoms with Crippen LogP contribution in [-0.4, -0.2) is 13.7 Å². The Hall–Kier alpha value is -6.57. The number of nitriles is 1. The summed E-state index contributed by atoms with van der Waals surface area (Å²) in [6.07, 6.45) is 0. The van der Waals surface area contributed by atoms with Gasteiger partial charge in [-0.15, -0.1) is 0 Å². The average molecular weight is 599 g/mol. The Morgan fingerprint density at radius 3 is 1.21 bits per heavy atom. The van der Waals surface area contributed by atoms with Crippen LogP contribution in [0.15, 0.2) is 158 Å². The molecule has 0 saturated carbocycles. The van der Waals surface area contributed by atoms with E-state index in [0.717, 1.165) is 55.4 Å². The molecule has 0 fully saturated rings. The molecule has 0 spiro atoms. The summed E-state index contributed by atoms with van der Waals surface area (Å²) in [6, 6.07) is 58.2. The van der Waals surface area contributed by atoms with Gasteiger partial charge >= 0.3 is 0 Å². The molecule has 7 aromatic carbocycles. The van der Waals surface area contributed by atoms with Crippen LogP contribution in [0.1, 0.15) is 5.56 Å². The first-order valence-electron chi connectivity index (χ1n) is 15.9. The van der Waals surface area contributed by atoms with Gasteiger partial charge in [-0.3, -0.25) is 0 Å². The predicted molar refractivity (Wildman–Crippen MR) is 194 cm³/mol. The monoisotopic (exact) mass is 598 g/mol. The molecule has 0 atom stereocenters. The van der Waals surface area contributed by atoms with Crippen molar-refractivity contribution in [1.82, 2.24) is 13.7 Å². The highest BCUT2D eigenvalue weighted by Crippen LogP contribution is 2.41. The molecular weight excluding hydrogens is 573 g/mol. The van der Waals surface area contributed by atoms with E-state index in [9.17, 15) is 5.26 Å². The SMILES string of the molecule is N#Cc1c(-n2c3ccccc3c3ccccc32)cccc1-n1c2ccccc2c2cc3c(cc21)c1ccccc1n3-c1ccccc1. The largest absolute Gasteiger partial charge is 0.309 e. The standard InChI is InChI=1S/C43H26N4/c44-27-35-40(46-37-20-9-4-15-29(37)30-16-5-10-21-38(30)46)23-12-24-41(35)47-39-22-11-7-18-32(39)34-25-42-33(26-43(34)47)31-17-6-8-19-36(31)45(42)28-13-2-1-3-14-28/h1-26H. The second-order valence-electron chi connectivity index (χ2n) is 12.1. The van der Waals surface area contributed by atoms with E-state index in [1.54, 1.807) is 0 Å². The zero-order valence-corrected chi connectivity index (χ0v) is 25.3. The number of nitrogens with zero attached hydrogens (tertiary/aromatic N) is 4. The van der Waals surface area contributed by atoms with E-state index in [4.69, 9.17) is 0 Å². The van der Waals surface area contributed by atoms with Crippen LogP contribution < -0.4 is 0 Å². The lowest BCUT2D eigenvalue weighted by Gasteiger charge is -2.15. The molecule has 0 radical (unpaired) electrons. The van der Waals surface area contributed by atoms with Gasteiger partial charge in [0.25, 0.3) is 0 Å². The Labute approximate surface area is 270 Å². The molecule has 0 saturated heterocycles. The lowest BCUT2D eigenvalue weighted by molar-refractivity contribution is 1.12. The lowest BCUT2D eigenvalue weighted by atomic mass is 10.1. The molecule has 4 nitrogen and oxygen atoms in total. The van der Waals surface area contributed by atoms with Crippen molar-refractivity contribution >= 4 is 65.4 Å². The Balaban J connectivity index is 1.33. The first kappa shape index (κ1) is 25.7. The minimum atomic E-state index is 0.633. The zero-order valence-electron chi connectivity index (χ0n) is 25.3. The van der Waals surface area contributed by atoms with Crippen molar-refractivity contribution in [1.29, 1.82) is 5.26 Å². The van der Waals surface area contributed by atoms with Crippen molar-refractivity contribution in [3.05, 3.63) is 163 Å². The van der Waals surface area contributed by atoms with Crippen molar-refractivity contribution in [2.45, 2.75) is 0 Å². The minimum Gasteiger partial charge on any atom is -0.309 e. The molecule has 4 heteroatoms. The van der Waals surface area contributed by atoms with E-state index in [2.05, 4.69) is 177 Å². The molecule has 218 valence electrons. The Kier molecular flexibility index (Phi) is 5.32. The third kappa shape index (κ3) is 3.51. The lowest BCUT2D eigenvalue weighted by Crippen LogP contribution is -2.04. The number of hydrogen-bond acceptors (Lipinski definition) is 1. The molecule has 0 amide bonds. The van der Waals surface area contributed by atoms with Crippen molar-refractivity contribution in [2.24, 2.45) is 0 Å². The van der Waals surface area contributed by atoms with Crippen LogP contribution in [0.25, 0.3) is 82.5 Å². The number of fused-ring (bicyclic) bond motifs is 9. The third-order valence-corrected chi connectivity index (χ3v) is 9.67. The topological polar surface area (TPSA) is 38.6 Å². The molecule has 0 aliphatic heterocycles. The zero-order chi connectivity index (χ0) is 31.1. The van der Waals surface area contributed by atoms with Crippen molar-refractivity contribution in [3.63, 3.8) is 0 Å². The van der Waals surface area contributed by atoms with Gasteiger partial charge in [0, 0.05) is 38.0 Å². The van der Waals surface area contributed by atoms with Crippen LogP contribution in [0.2, 0.25) is 0 Å². The maximum Gasteiger partial charge on any atom is 0.104 e. The molecule has 0 unspecified atom stereocenters. The first-order valence-corrected chi connectivity index (χ1v) is 15.9. The first-order chi connectivity index (χ1) is 23.3. The van der Waals surface area contributed by atoms with Crippen LogP contribution in [0, 0.1) is 11.3 Å². The normalized spacial score (nSPS) is 11.8. The molecule has 0 aliphatic rings. The van der Waals surface area contributed by atoms with Crippen LogP contribution in [0.3, 0.4) is 0 Å². The van der Waals surface area contributed by atoms with Crippen molar-refractivity contribution < 1.29 is 0 Å². The predicted octanol–water partition coefficient (Wildman–Crippen LogP) is 10.8. The highest BCUT2D eigenvalue weighted by molar-refractivity contribution is 6.19. The number of rotatable bonds is 3. The van der Waals surface area contributed by atoms with Gasteiger partial charge in [0.15, 0.2) is 0 Å². The summed E-state index contributed by atoms with van der Waals surface area (Å²) >= 11 is 0. The number of para-hydroxylation sites is 5. The fourth-order valence-corrected chi connectivity index (χ4v) is 7.74. The van der Waals surface area contributed by atoms with E-state index >= 15 is 0 Å². The average Bonchev–Trinajstić information content (AvgIpc) is 3.76. The van der Waals surface area contributed by atoms with Crippen LogP contribution >= 0.6 is 0 Å². The molecule has 3 heterocycles. The van der Waals surface area contributed by atoms with Gasteiger partial charge in [0.05, 0.1) is 44.5 Å². The Morgan fingerprint density at radius 1 is 0.340 bits per heavy atom. The second kappa shape index (κ2) is 9.71. The maximum absolute atomic E-state index is 10.9. The van der Waals surface area contributed by atoms with Crippen molar-refractivity contribution in [3.8, 4) is 23.1 Å². The molecule has 0 N–H and O–H groups in total. The Morgan fingerprint density at radius 2 is 0.723 bits per heavy atom. The maximum atomic E-state index is 10.9. The summed E-state index contributed by atoms with van der Waals surface area (Å²) < 4.78 is 6.89. The molecular formula is C43H26N4. The van der Waals surface area contributed by atoms with Gasteiger partial charge in [-0.25, -0.2) is 0 Å². The van der Waals surface area contributed by atoms with Crippen LogP contribution in [0.4, 0.5) is 0 Å². The molecule has 0 bridgehead atoms. The van der Waals surface area contributed by atoms with E-state index in [-0.39, 0.29) is 0 Å². The smallest absolute Gasteiger partial charge is 0.104 e. The fraction of sp³-hybridized carbons (Fsp3) is 0. The van der Waals surface area contributed by atoms with Gasteiger partial charge in [-0.1, -0.05) is 97.1 Å². The highest BCUT2D eigenvalue weighted by Gasteiger charge is 2.22. The van der Waals surface area contributed by atoms with E-state index in [1.165, 1.54) is 27.1 Å². The quantitative estimate of drug-likeness (QED) is 0.199. The van der Waals surface area contributed by atoms with Crippen LogP contribution in [-0.2, 0) is 0 Å². The number of aromatic nitrogens is 3. The molecule has 10 aromatic rings. The summed E-state index contributed by atoms with van der Waals surface area (Å²) in [7, 11) is 0. The van der Waals surface area contributed by atoms with Gasteiger partial charge in [-0.2, -0.15) is 5.26 Å². The van der Waals surface area contributed by atoms with E-state index in [0.29, 0.717) is 5.56 Å². The van der Waals surface area contributed by atoms with E-state index in [1.807, 2.05) is 0 Å². The van der Waals surface area contributed by atoms with Gasteiger partial charge in [0.1, 0.15) is 11.6 Å². The molecule has 0 aliphatic carbocycles. The molecule has 3 aromatic heterocycles. The van der Waals surface area contributed by atoms with Gasteiger partial charge in [0.2, 0.25) is 0 Å². The highest BCUT2D eigenvalue weighted by atomic mass is 15.0. The third-order valence-electron chi connectivity index (χ3n) is 9.67. The number of benzene rings is 7. The second-order valence-corrected chi connectivity index (χ2v) is 12.1. The minimum absolute atomic E-state index is 0.633. The van der Waals surface area contributed by atoms with Crippen LogP contribution in [0.5, 0.6) is 0 Å². The fourth-order valence-electron chi connectivity index (χ4n) is 7.74. The van der Waals surface area contributed by atoms with Gasteiger partial charge in [-0.05, 0) is 60.7 Å². The molecule has 10 rings (SSSR count). The molecule has 47 heavy (non-hydrogen) atoms. The number of hydrogen-bond donors (Lipinski definition) is 0. The Bertz CT molecular complexity index is 2860. The van der Waals surface area contributed by atoms with Crippen molar-refractivity contribution in [2.75, 3.05) is 0 Å². The summed E-state index contributed by atoms with van der Waals surface area (Å²) in [4.78, 5) is 0. The summed E-state index contributed by atoms with van der Waals surface area (Å²) in [6.45, 7) is 0. The van der Waals surface area contributed by atoms with Gasteiger partial charge < -0.3 is 13.7 Å².